The van der Waals surface area contributed by atoms with E-state index in [9.17, 15) is 4.79 Å². The van der Waals surface area contributed by atoms with Crippen molar-refractivity contribution >= 4 is 50.5 Å². The number of aromatic nitrogens is 1. The van der Waals surface area contributed by atoms with Crippen LogP contribution in [0.1, 0.15) is 13.3 Å². The van der Waals surface area contributed by atoms with Gasteiger partial charge in [-0.2, -0.15) is 0 Å². The zero-order valence-electron chi connectivity index (χ0n) is 12.5. The molecule has 0 saturated heterocycles. The summed E-state index contributed by atoms with van der Waals surface area (Å²) in [7, 11) is 0. The van der Waals surface area contributed by atoms with Gasteiger partial charge in [-0.15, -0.1) is 11.3 Å². The second kappa shape index (κ2) is 6.85. The summed E-state index contributed by atoms with van der Waals surface area (Å²) in [5, 5.41) is 10.8. The molecule has 3 aromatic rings. The molecule has 4 nitrogen and oxygen atoms in total. The van der Waals surface area contributed by atoms with Gasteiger partial charge in [0.15, 0.2) is 10.2 Å². The molecule has 23 heavy (non-hydrogen) atoms. The van der Waals surface area contributed by atoms with Crippen LogP contribution in [0, 0.1) is 0 Å². The molecule has 0 unspecified atom stereocenters. The number of carbonyl (C=O) groups is 1. The van der Waals surface area contributed by atoms with Gasteiger partial charge >= 0.3 is 0 Å². The first-order valence-corrected chi connectivity index (χ1v) is 8.50. The largest absolute Gasteiger partial charge is 0.308 e. The normalized spacial score (nSPS) is 10.5. The first-order chi connectivity index (χ1) is 11.2. The van der Waals surface area contributed by atoms with Crippen molar-refractivity contribution in [3.8, 4) is 11.3 Å². The van der Waals surface area contributed by atoms with Crippen molar-refractivity contribution in [3.05, 3.63) is 47.8 Å². The average molecular weight is 341 g/mol. The Morgan fingerprint density at radius 3 is 2.83 bits per heavy atom. The molecule has 0 atom stereocenters. The van der Waals surface area contributed by atoms with Crippen LogP contribution in [0.4, 0.5) is 5.13 Å². The maximum absolute atomic E-state index is 11.3. The van der Waals surface area contributed by atoms with Gasteiger partial charge in [-0.1, -0.05) is 49.4 Å². The van der Waals surface area contributed by atoms with Crippen molar-refractivity contribution < 1.29 is 4.79 Å². The minimum Gasteiger partial charge on any atom is -0.308 e. The quantitative estimate of drug-likeness (QED) is 0.702. The molecule has 2 aromatic carbocycles. The second-order valence-electron chi connectivity index (χ2n) is 4.92. The van der Waals surface area contributed by atoms with E-state index in [1.54, 1.807) is 6.92 Å². The van der Waals surface area contributed by atoms with E-state index in [2.05, 4.69) is 39.9 Å². The van der Waals surface area contributed by atoms with E-state index in [1.807, 2.05) is 23.6 Å². The number of rotatable bonds is 3. The lowest BCUT2D eigenvalue weighted by molar-refractivity contribution is -0.119. The summed E-state index contributed by atoms with van der Waals surface area (Å²) >= 11 is 6.56. The highest BCUT2D eigenvalue weighted by molar-refractivity contribution is 7.80. The Balaban J connectivity index is 1.84. The summed E-state index contributed by atoms with van der Waals surface area (Å²) in [6.07, 6.45) is 0.390. The molecule has 0 fully saturated rings. The third kappa shape index (κ3) is 3.55. The lowest BCUT2D eigenvalue weighted by Gasteiger charge is -2.06. The Labute approximate surface area is 143 Å². The number of fused-ring (bicyclic) bond motifs is 1. The fourth-order valence-electron chi connectivity index (χ4n) is 2.25. The van der Waals surface area contributed by atoms with Crippen LogP contribution in [0.2, 0.25) is 0 Å². The highest BCUT2D eigenvalue weighted by atomic mass is 32.1. The molecule has 0 saturated carbocycles. The summed E-state index contributed by atoms with van der Waals surface area (Å²) in [5.41, 5.74) is 1.97. The summed E-state index contributed by atoms with van der Waals surface area (Å²) in [5.74, 6) is -0.117. The van der Waals surface area contributed by atoms with E-state index in [0.717, 1.165) is 16.6 Å². The van der Waals surface area contributed by atoms with E-state index in [4.69, 9.17) is 12.2 Å². The fraction of sp³-hybridized carbons (Fsp3) is 0.118. The van der Waals surface area contributed by atoms with E-state index in [0.29, 0.717) is 11.6 Å². The number of carbonyl (C=O) groups excluding carboxylic acids is 1. The summed E-state index contributed by atoms with van der Waals surface area (Å²) in [6, 6.07) is 14.4. The number of hydrogen-bond donors (Lipinski definition) is 2. The van der Waals surface area contributed by atoms with Crippen molar-refractivity contribution in [3.63, 3.8) is 0 Å². The van der Waals surface area contributed by atoms with Crippen LogP contribution in [-0.4, -0.2) is 16.0 Å². The highest BCUT2D eigenvalue weighted by Gasteiger charge is 2.09. The molecule has 0 bridgehead atoms. The molecule has 0 aliphatic rings. The highest BCUT2D eigenvalue weighted by Crippen LogP contribution is 2.30. The Kier molecular flexibility index (Phi) is 4.64. The Morgan fingerprint density at radius 2 is 2.00 bits per heavy atom. The predicted molar refractivity (Wildman–Crippen MR) is 99.7 cm³/mol. The molecule has 3 rings (SSSR count). The molecule has 1 aromatic heterocycles. The molecule has 1 heterocycles. The van der Waals surface area contributed by atoms with Crippen LogP contribution in [0.5, 0.6) is 0 Å². The molecule has 116 valence electrons. The van der Waals surface area contributed by atoms with Crippen LogP contribution in [0.25, 0.3) is 22.0 Å². The predicted octanol–water partition coefficient (Wildman–Crippen LogP) is 4.19. The molecule has 0 spiro atoms. The third-order valence-electron chi connectivity index (χ3n) is 3.36. The first-order valence-electron chi connectivity index (χ1n) is 7.22. The SMILES string of the molecule is CCC(=O)NC(=S)Nc1nc(-c2cccc3ccccc23)cs1. The monoisotopic (exact) mass is 341 g/mol. The van der Waals surface area contributed by atoms with Crippen LogP contribution in [-0.2, 0) is 4.79 Å². The van der Waals surface area contributed by atoms with E-state index >= 15 is 0 Å². The number of benzene rings is 2. The fourth-order valence-corrected chi connectivity index (χ4v) is 3.24. The Morgan fingerprint density at radius 1 is 1.22 bits per heavy atom. The topological polar surface area (TPSA) is 54.0 Å². The molecule has 2 N–H and O–H groups in total. The minimum absolute atomic E-state index is 0.117. The maximum Gasteiger partial charge on any atom is 0.225 e. The lowest BCUT2D eigenvalue weighted by atomic mass is 10.0. The van der Waals surface area contributed by atoms with Gasteiger partial charge in [0.25, 0.3) is 0 Å². The summed E-state index contributed by atoms with van der Waals surface area (Å²) < 4.78 is 0. The number of anilines is 1. The molecular formula is C17H15N3OS2. The zero-order chi connectivity index (χ0) is 16.2. The van der Waals surface area contributed by atoms with Crippen molar-refractivity contribution in [2.75, 3.05) is 5.32 Å². The van der Waals surface area contributed by atoms with E-state index in [1.165, 1.54) is 16.7 Å². The van der Waals surface area contributed by atoms with Gasteiger partial charge in [0.05, 0.1) is 5.69 Å². The molecule has 6 heteroatoms. The van der Waals surface area contributed by atoms with Crippen molar-refractivity contribution in [2.45, 2.75) is 13.3 Å². The molecule has 0 radical (unpaired) electrons. The number of nitrogens with one attached hydrogen (secondary N) is 2. The molecule has 0 aliphatic heterocycles. The van der Waals surface area contributed by atoms with Crippen molar-refractivity contribution in [2.24, 2.45) is 0 Å². The minimum atomic E-state index is -0.117. The molecule has 1 amide bonds. The van der Waals surface area contributed by atoms with E-state index in [-0.39, 0.29) is 11.0 Å². The van der Waals surface area contributed by atoms with Crippen LogP contribution < -0.4 is 10.6 Å². The smallest absolute Gasteiger partial charge is 0.225 e. The third-order valence-corrected chi connectivity index (χ3v) is 4.33. The van der Waals surface area contributed by atoms with Gasteiger partial charge in [-0.25, -0.2) is 4.98 Å². The number of thiazole rings is 1. The summed E-state index contributed by atoms with van der Waals surface area (Å²) in [6.45, 7) is 1.78. The first kappa shape index (κ1) is 15.6. The van der Waals surface area contributed by atoms with Crippen LogP contribution in [0.15, 0.2) is 47.8 Å². The van der Waals surface area contributed by atoms with Gasteiger partial charge in [-0.05, 0) is 23.0 Å². The van der Waals surface area contributed by atoms with Crippen molar-refractivity contribution in [1.82, 2.24) is 10.3 Å². The lowest BCUT2D eigenvalue weighted by Crippen LogP contribution is -2.33. The Bertz CT molecular complexity index is 868. The van der Waals surface area contributed by atoms with E-state index < -0.39 is 0 Å². The van der Waals surface area contributed by atoms with Gasteiger partial charge < -0.3 is 10.6 Å². The average Bonchev–Trinajstić information content (AvgIpc) is 3.02. The number of thiocarbonyl (C=S) groups is 1. The zero-order valence-corrected chi connectivity index (χ0v) is 14.1. The van der Waals surface area contributed by atoms with Gasteiger partial charge in [0.1, 0.15) is 0 Å². The Hall–Kier alpha value is -2.31. The molecule has 0 aliphatic carbocycles. The second-order valence-corrected chi connectivity index (χ2v) is 6.19. The van der Waals surface area contributed by atoms with Gasteiger partial charge in [-0.3, -0.25) is 4.79 Å². The standard InChI is InChI=1S/C17H15N3OS2/c1-2-15(21)19-16(22)20-17-18-14(10-23-17)13-9-5-7-11-6-3-4-8-12(11)13/h3-10H,2H2,1H3,(H2,18,19,20,21,22). The number of amides is 1. The molecular weight excluding hydrogens is 326 g/mol. The van der Waals surface area contributed by atoms with Gasteiger partial charge in [0, 0.05) is 17.4 Å². The van der Waals surface area contributed by atoms with Crippen molar-refractivity contribution in [1.29, 1.82) is 0 Å². The van der Waals surface area contributed by atoms with Gasteiger partial charge in [0.2, 0.25) is 5.91 Å². The van der Waals surface area contributed by atoms with Crippen LogP contribution >= 0.6 is 23.6 Å². The number of nitrogens with zero attached hydrogens (tertiary/aromatic N) is 1. The maximum atomic E-state index is 11.3. The van der Waals surface area contributed by atoms with Crippen LogP contribution in [0.3, 0.4) is 0 Å². The summed E-state index contributed by atoms with van der Waals surface area (Å²) in [4.78, 5) is 15.9. The number of hydrogen-bond acceptors (Lipinski definition) is 4.